The number of morpholine rings is 2. The number of hydrogen-bond acceptors (Lipinski definition) is 4. The van der Waals surface area contributed by atoms with Crippen LogP contribution in [0, 0.1) is 0 Å². The van der Waals surface area contributed by atoms with Crippen LogP contribution in [0.2, 0.25) is 0 Å². The average Bonchev–Trinajstić information content (AvgIpc) is 2.49. The van der Waals surface area contributed by atoms with Crippen molar-refractivity contribution in [2.24, 2.45) is 0 Å². The summed E-state index contributed by atoms with van der Waals surface area (Å²) >= 11 is 0. The van der Waals surface area contributed by atoms with Gasteiger partial charge in [-0.15, -0.1) is 0 Å². The van der Waals surface area contributed by atoms with Crippen molar-refractivity contribution >= 4 is 17.3 Å². The fourth-order valence-electron chi connectivity index (χ4n) is 2.47. The van der Waals surface area contributed by atoms with Gasteiger partial charge in [0.1, 0.15) is 6.61 Å². The Labute approximate surface area is 112 Å². The van der Waals surface area contributed by atoms with E-state index in [9.17, 15) is 4.79 Å². The first kappa shape index (κ1) is 12.4. The second-order valence-corrected chi connectivity index (χ2v) is 4.72. The summed E-state index contributed by atoms with van der Waals surface area (Å²) in [7, 11) is 0. The maximum Gasteiger partial charge on any atom is 0.253 e. The molecule has 1 amide bonds. The maximum atomic E-state index is 11.8. The van der Waals surface area contributed by atoms with Crippen molar-refractivity contribution in [2.75, 3.05) is 55.9 Å². The molecule has 102 valence electrons. The van der Waals surface area contributed by atoms with Crippen molar-refractivity contribution in [3.05, 3.63) is 24.3 Å². The summed E-state index contributed by atoms with van der Waals surface area (Å²) in [6.45, 7) is 4.75. The highest BCUT2D eigenvalue weighted by Crippen LogP contribution is 2.24. The zero-order chi connectivity index (χ0) is 13.1. The van der Waals surface area contributed by atoms with Gasteiger partial charge in [0, 0.05) is 31.0 Å². The SMILES string of the molecule is O=C1COCCN1c1cccc(N2CCOCC2)c1. The molecule has 1 aromatic carbocycles. The number of amides is 1. The van der Waals surface area contributed by atoms with Gasteiger partial charge >= 0.3 is 0 Å². The molecule has 1 aromatic rings. The Morgan fingerprint density at radius 3 is 2.47 bits per heavy atom. The molecule has 0 aliphatic carbocycles. The molecule has 3 rings (SSSR count). The van der Waals surface area contributed by atoms with Crippen LogP contribution in [-0.2, 0) is 14.3 Å². The zero-order valence-electron chi connectivity index (χ0n) is 10.9. The van der Waals surface area contributed by atoms with Crippen LogP contribution in [0.1, 0.15) is 0 Å². The van der Waals surface area contributed by atoms with Crippen LogP contribution in [-0.4, -0.2) is 52.0 Å². The number of hydrogen-bond donors (Lipinski definition) is 0. The number of anilines is 2. The van der Waals surface area contributed by atoms with Crippen LogP contribution in [0.15, 0.2) is 24.3 Å². The van der Waals surface area contributed by atoms with E-state index >= 15 is 0 Å². The number of ether oxygens (including phenoxy) is 2. The quantitative estimate of drug-likeness (QED) is 0.793. The highest BCUT2D eigenvalue weighted by atomic mass is 16.5. The van der Waals surface area contributed by atoms with E-state index in [0.29, 0.717) is 13.2 Å². The summed E-state index contributed by atoms with van der Waals surface area (Å²) in [6.07, 6.45) is 0. The molecule has 0 unspecified atom stereocenters. The largest absolute Gasteiger partial charge is 0.378 e. The van der Waals surface area contributed by atoms with E-state index in [-0.39, 0.29) is 12.5 Å². The standard InChI is InChI=1S/C14H18N2O3/c17-14-11-19-9-6-16(14)13-3-1-2-12(10-13)15-4-7-18-8-5-15/h1-3,10H,4-9,11H2. The Morgan fingerprint density at radius 2 is 1.68 bits per heavy atom. The monoisotopic (exact) mass is 262 g/mol. The van der Waals surface area contributed by atoms with Crippen LogP contribution < -0.4 is 9.80 Å². The fraction of sp³-hybridized carbons (Fsp3) is 0.500. The van der Waals surface area contributed by atoms with Gasteiger partial charge in [0.2, 0.25) is 0 Å². The third-order valence-corrected chi connectivity index (χ3v) is 3.50. The average molecular weight is 262 g/mol. The van der Waals surface area contributed by atoms with Crippen LogP contribution in [0.3, 0.4) is 0 Å². The molecule has 5 heteroatoms. The van der Waals surface area contributed by atoms with Crippen LogP contribution in [0.25, 0.3) is 0 Å². The minimum Gasteiger partial charge on any atom is -0.378 e. The van der Waals surface area contributed by atoms with Gasteiger partial charge in [-0.05, 0) is 18.2 Å². The fourth-order valence-corrected chi connectivity index (χ4v) is 2.47. The van der Waals surface area contributed by atoms with Crippen molar-refractivity contribution in [3.8, 4) is 0 Å². The van der Waals surface area contributed by atoms with Crippen molar-refractivity contribution in [3.63, 3.8) is 0 Å². The van der Waals surface area contributed by atoms with Crippen molar-refractivity contribution in [2.45, 2.75) is 0 Å². The highest BCUT2D eigenvalue weighted by molar-refractivity contribution is 5.95. The van der Waals surface area contributed by atoms with E-state index in [0.717, 1.165) is 37.7 Å². The summed E-state index contributed by atoms with van der Waals surface area (Å²) in [6, 6.07) is 8.14. The van der Waals surface area contributed by atoms with E-state index in [1.54, 1.807) is 4.90 Å². The lowest BCUT2D eigenvalue weighted by molar-refractivity contribution is -0.125. The van der Waals surface area contributed by atoms with E-state index in [4.69, 9.17) is 9.47 Å². The summed E-state index contributed by atoms with van der Waals surface area (Å²) < 4.78 is 10.5. The maximum absolute atomic E-state index is 11.8. The lowest BCUT2D eigenvalue weighted by atomic mass is 10.2. The van der Waals surface area contributed by atoms with Gasteiger partial charge in [-0.3, -0.25) is 4.79 Å². The lowest BCUT2D eigenvalue weighted by Gasteiger charge is -2.31. The molecule has 0 atom stereocenters. The van der Waals surface area contributed by atoms with E-state index in [1.165, 1.54) is 0 Å². The molecule has 19 heavy (non-hydrogen) atoms. The van der Waals surface area contributed by atoms with Gasteiger partial charge in [-0.25, -0.2) is 0 Å². The van der Waals surface area contributed by atoms with Crippen molar-refractivity contribution in [1.82, 2.24) is 0 Å². The van der Waals surface area contributed by atoms with Crippen LogP contribution in [0.4, 0.5) is 11.4 Å². The summed E-state index contributed by atoms with van der Waals surface area (Å²) in [5, 5.41) is 0. The third kappa shape index (κ3) is 2.72. The molecule has 2 aliphatic heterocycles. The van der Waals surface area contributed by atoms with Gasteiger partial charge in [0.15, 0.2) is 0 Å². The zero-order valence-corrected chi connectivity index (χ0v) is 10.9. The van der Waals surface area contributed by atoms with E-state index in [2.05, 4.69) is 17.0 Å². The van der Waals surface area contributed by atoms with Gasteiger partial charge in [0.05, 0.1) is 19.8 Å². The molecular weight excluding hydrogens is 244 g/mol. The minimum absolute atomic E-state index is 0.0328. The minimum atomic E-state index is 0.0328. The van der Waals surface area contributed by atoms with Gasteiger partial charge in [-0.1, -0.05) is 6.07 Å². The normalized spacial score (nSPS) is 20.7. The smallest absolute Gasteiger partial charge is 0.253 e. The predicted molar refractivity (Wildman–Crippen MR) is 72.6 cm³/mol. The molecule has 0 saturated carbocycles. The molecule has 2 fully saturated rings. The van der Waals surface area contributed by atoms with E-state index < -0.39 is 0 Å². The molecular formula is C14H18N2O3. The Morgan fingerprint density at radius 1 is 0.947 bits per heavy atom. The molecule has 0 radical (unpaired) electrons. The summed E-state index contributed by atoms with van der Waals surface area (Å²) in [4.78, 5) is 15.9. The molecule has 2 heterocycles. The second kappa shape index (κ2) is 5.59. The Bertz CT molecular complexity index is 458. The van der Waals surface area contributed by atoms with Crippen LogP contribution >= 0.6 is 0 Å². The Balaban J connectivity index is 1.80. The number of carbonyl (C=O) groups is 1. The lowest BCUT2D eigenvalue weighted by Crippen LogP contribution is -2.42. The molecule has 0 bridgehead atoms. The molecule has 2 saturated heterocycles. The third-order valence-electron chi connectivity index (χ3n) is 3.50. The Kier molecular flexibility index (Phi) is 3.66. The predicted octanol–water partition coefficient (Wildman–Crippen LogP) is 0.886. The molecule has 2 aliphatic rings. The first-order valence-electron chi connectivity index (χ1n) is 6.65. The van der Waals surface area contributed by atoms with Crippen molar-refractivity contribution < 1.29 is 14.3 Å². The molecule has 0 spiro atoms. The number of benzene rings is 1. The number of rotatable bonds is 2. The topological polar surface area (TPSA) is 42.0 Å². The van der Waals surface area contributed by atoms with Crippen molar-refractivity contribution in [1.29, 1.82) is 0 Å². The second-order valence-electron chi connectivity index (χ2n) is 4.72. The van der Waals surface area contributed by atoms with Crippen LogP contribution in [0.5, 0.6) is 0 Å². The van der Waals surface area contributed by atoms with E-state index in [1.807, 2.05) is 12.1 Å². The number of nitrogens with zero attached hydrogens (tertiary/aromatic N) is 2. The molecule has 0 aromatic heterocycles. The molecule has 0 N–H and O–H groups in total. The Hall–Kier alpha value is -1.59. The van der Waals surface area contributed by atoms with Gasteiger partial charge in [0.25, 0.3) is 5.91 Å². The number of carbonyl (C=O) groups excluding carboxylic acids is 1. The van der Waals surface area contributed by atoms with Gasteiger partial charge < -0.3 is 19.3 Å². The summed E-state index contributed by atoms with van der Waals surface area (Å²) in [5.74, 6) is 0.0328. The first-order chi connectivity index (χ1) is 9.34. The molecule has 5 nitrogen and oxygen atoms in total. The highest BCUT2D eigenvalue weighted by Gasteiger charge is 2.21. The van der Waals surface area contributed by atoms with Gasteiger partial charge in [-0.2, -0.15) is 0 Å². The summed E-state index contributed by atoms with van der Waals surface area (Å²) in [5.41, 5.74) is 2.11. The first-order valence-corrected chi connectivity index (χ1v) is 6.65.